The van der Waals surface area contributed by atoms with Crippen molar-refractivity contribution < 1.29 is 8.42 Å². The van der Waals surface area contributed by atoms with E-state index >= 15 is 0 Å². The fourth-order valence-electron chi connectivity index (χ4n) is 1.26. The molecule has 1 heterocycles. The predicted octanol–water partition coefficient (Wildman–Crippen LogP) is 1.67. The molecule has 4 nitrogen and oxygen atoms in total. The average molecular weight is 278 g/mol. The van der Waals surface area contributed by atoms with Gasteiger partial charge < -0.3 is 5.32 Å². The van der Waals surface area contributed by atoms with Gasteiger partial charge in [0.2, 0.25) is 0 Å². The first-order valence-electron chi connectivity index (χ1n) is 5.69. The molecule has 0 saturated carbocycles. The topological polar surface area (TPSA) is 58.5 Å². The number of aliphatic imine (C=N–C) groups is 1. The van der Waals surface area contributed by atoms with E-state index < -0.39 is 14.6 Å². The number of rotatable bonds is 3. The summed E-state index contributed by atoms with van der Waals surface area (Å²) in [4.78, 5) is 4.41. The van der Waals surface area contributed by atoms with E-state index in [0.29, 0.717) is 6.54 Å². The number of hydrogen-bond acceptors (Lipinski definition) is 4. The minimum absolute atomic E-state index is 0.0549. The standard InChI is InChI=1S/C11H22N2O2S2/c1-10(2)6-7-16-9(13-10)12-8-11(3,4)17(5,14)15/h6-8H2,1-5H3,(H,12,13). The zero-order chi connectivity index (χ0) is 13.3. The van der Waals surface area contributed by atoms with E-state index in [-0.39, 0.29) is 5.54 Å². The monoisotopic (exact) mass is 278 g/mol. The van der Waals surface area contributed by atoms with Gasteiger partial charge in [-0.2, -0.15) is 0 Å². The highest BCUT2D eigenvalue weighted by molar-refractivity contribution is 8.13. The molecule has 1 fully saturated rings. The van der Waals surface area contributed by atoms with Crippen LogP contribution in [0.4, 0.5) is 0 Å². The Kier molecular flexibility index (Phi) is 4.19. The number of amidine groups is 1. The zero-order valence-electron chi connectivity index (χ0n) is 11.2. The van der Waals surface area contributed by atoms with Crippen molar-refractivity contribution in [3.63, 3.8) is 0 Å². The van der Waals surface area contributed by atoms with Gasteiger partial charge >= 0.3 is 0 Å². The number of sulfone groups is 1. The average Bonchev–Trinajstić information content (AvgIpc) is 2.11. The van der Waals surface area contributed by atoms with Gasteiger partial charge in [0.05, 0.1) is 11.3 Å². The largest absolute Gasteiger partial charge is 0.360 e. The molecule has 0 spiro atoms. The summed E-state index contributed by atoms with van der Waals surface area (Å²) in [6.07, 6.45) is 2.35. The van der Waals surface area contributed by atoms with Crippen molar-refractivity contribution in [3.05, 3.63) is 0 Å². The van der Waals surface area contributed by atoms with Crippen LogP contribution in [0.15, 0.2) is 4.99 Å². The zero-order valence-corrected chi connectivity index (χ0v) is 12.8. The second-order valence-corrected chi connectivity index (χ2v) is 9.49. The Balaban J connectivity index is 2.72. The molecule has 17 heavy (non-hydrogen) atoms. The lowest BCUT2D eigenvalue weighted by Gasteiger charge is -2.32. The molecule has 6 heteroatoms. The lowest BCUT2D eigenvalue weighted by molar-refractivity contribution is 0.445. The normalized spacial score (nSPS) is 23.5. The van der Waals surface area contributed by atoms with Crippen LogP contribution in [0.5, 0.6) is 0 Å². The van der Waals surface area contributed by atoms with Gasteiger partial charge in [0.15, 0.2) is 15.0 Å². The highest BCUT2D eigenvalue weighted by Crippen LogP contribution is 2.23. The smallest absolute Gasteiger partial charge is 0.157 e. The van der Waals surface area contributed by atoms with E-state index in [0.717, 1.165) is 17.3 Å². The van der Waals surface area contributed by atoms with E-state index in [1.54, 1.807) is 25.6 Å². The van der Waals surface area contributed by atoms with Crippen molar-refractivity contribution in [2.45, 2.75) is 44.4 Å². The summed E-state index contributed by atoms with van der Waals surface area (Å²) in [5.41, 5.74) is 0.0549. The fourth-order valence-corrected chi connectivity index (χ4v) is 2.86. The lowest BCUT2D eigenvalue weighted by Crippen LogP contribution is -2.46. The second kappa shape index (κ2) is 4.80. The molecule has 0 aliphatic carbocycles. The summed E-state index contributed by atoms with van der Waals surface area (Å²) in [6, 6.07) is 0. The van der Waals surface area contributed by atoms with Crippen LogP contribution in [-0.2, 0) is 9.84 Å². The van der Waals surface area contributed by atoms with Gasteiger partial charge in [0.25, 0.3) is 0 Å². The van der Waals surface area contributed by atoms with E-state index in [4.69, 9.17) is 0 Å². The predicted molar refractivity (Wildman–Crippen MR) is 75.5 cm³/mol. The van der Waals surface area contributed by atoms with Crippen LogP contribution in [0.3, 0.4) is 0 Å². The Morgan fingerprint density at radius 2 is 2.06 bits per heavy atom. The van der Waals surface area contributed by atoms with Gasteiger partial charge in [0.1, 0.15) is 0 Å². The first kappa shape index (κ1) is 14.8. The van der Waals surface area contributed by atoms with E-state index in [9.17, 15) is 8.42 Å². The Morgan fingerprint density at radius 1 is 1.47 bits per heavy atom. The Morgan fingerprint density at radius 3 is 2.53 bits per heavy atom. The van der Waals surface area contributed by atoms with Crippen molar-refractivity contribution >= 4 is 26.8 Å². The first-order chi connectivity index (χ1) is 7.54. The second-order valence-electron chi connectivity index (χ2n) is 5.76. The summed E-state index contributed by atoms with van der Waals surface area (Å²) in [5.74, 6) is 1.03. The number of nitrogens with one attached hydrogen (secondary N) is 1. The third-order valence-electron chi connectivity index (χ3n) is 3.02. The molecule has 1 aliphatic rings. The van der Waals surface area contributed by atoms with Crippen molar-refractivity contribution in [2.75, 3.05) is 18.6 Å². The van der Waals surface area contributed by atoms with Crippen molar-refractivity contribution in [1.82, 2.24) is 5.32 Å². The molecule has 0 unspecified atom stereocenters. The number of hydrogen-bond donors (Lipinski definition) is 1. The van der Waals surface area contributed by atoms with Gasteiger partial charge in [0, 0.05) is 17.5 Å². The summed E-state index contributed by atoms with van der Waals surface area (Å²) in [5, 5.41) is 4.19. The van der Waals surface area contributed by atoms with Crippen molar-refractivity contribution in [2.24, 2.45) is 4.99 Å². The van der Waals surface area contributed by atoms with Gasteiger partial charge in [-0.3, -0.25) is 4.99 Å². The minimum atomic E-state index is -3.08. The highest BCUT2D eigenvalue weighted by atomic mass is 32.2. The first-order valence-corrected chi connectivity index (χ1v) is 8.56. The quantitative estimate of drug-likeness (QED) is 0.853. The summed E-state index contributed by atoms with van der Waals surface area (Å²) in [7, 11) is -3.08. The third kappa shape index (κ3) is 4.17. The maximum atomic E-state index is 11.6. The highest BCUT2D eigenvalue weighted by Gasteiger charge is 2.31. The molecule has 1 N–H and O–H groups in total. The van der Waals surface area contributed by atoms with Crippen LogP contribution in [0.1, 0.15) is 34.1 Å². The van der Waals surface area contributed by atoms with Crippen LogP contribution in [0.25, 0.3) is 0 Å². The molecule has 0 bridgehead atoms. The molecule has 1 saturated heterocycles. The van der Waals surface area contributed by atoms with Crippen LogP contribution in [0.2, 0.25) is 0 Å². The molecule has 1 aliphatic heterocycles. The maximum Gasteiger partial charge on any atom is 0.157 e. The van der Waals surface area contributed by atoms with Crippen LogP contribution in [0, 0.1) is 0 Å². The van der Waals surface area contributed by atoms with E-state index in [1.165, 1.54) is 6.26 Å². The van der Waals surface area contributed by atoms with Crippen LogP contribution in [-0.4, -0.2) is 42.4 Å². The summed E-state index contributed by atoms with van der Waals surface area (Å²) < 4.78 is 22.3. The molecule has 0 amide bonds. The minimum Gasteiger partial charge on any atom is -0.360 e. The molecular formula is C11H22N2O2S2. The van der Waals surface area contributed by atoms with Crippen LogP contribution >= 0.6 is 11.8 Å². The maximum absolute atomic E-state index is 11.6. The summed E-state index contributed by atoms with van der Waals surface area (Å²) in [6.45, 7) is 7.99. The van der Waals surface area contributed by atoms with Crippen LogP contribution < -0.4 is 5.32 Å². The Hall–Kier alpha value is -0.230. The third-order valence-corrected chi connectivity index (χ3v) is 6.07. The fraction of sp³-hybridized carbons (Fsp3) is 0.909. The van der Waals surface area contributed by atoms with E-state index in [1.807, 2.05) is 0 Å². The van der Waals surface area contributed by atoms with Crippen molar-refractivity contribution in [1.29, 1.82) is 0 Å². The van der Waals surface area contributed by atoms with Gasteiger partial charge in [-0.1, -0.05) is 11.8 Å². The molecular weight excluding hydrogens is 256 g/mol. The number of thioether (sulfide) groups is 1. The molecule has 1 rings (SSSR count). The van der Waals surface area contributed by atoms with E-state index in [2.05, 4.69) is 24.2 Å². The Bertz CT molecular complexity index is 411. The molecule has 0 atom stereocenters. The van der Waals surface area contributed by atoms with Gasteiger partial charge in [-0.05, 0) is 34.1 Å². The lowest BCUT2D eigenvalue weighted by atomic mass is 10.0. The molecule has 0 aromatic carbocycles. The molecule has 0 radical (unpaired) electrons. The molecule has 0 aromatic rings. The molecule has 100 valence electrons. The Labute approximate surface area is 109 Å². The SMILES string of the molecule is CC1(C)CCSC(=NCC(C)(C)S(C)(=O)=O)N1. The van der Waals surface area contributed by atoms with Crippen molar-refractivity contribution in [3.8, 4) is 0 Å². The summed E-state index contributed by atoms with van der Waals surface area (Å²) >= 11 is 1.66. The number of nitrogens with zero attached hydrogens (tertiary/aromatic N) is 1. The van der Waals surface area contributed by atoms with Gasteiger partial charge in [-0.25, -0.2) is 8.42 Å². The molecule has 0 aromatic heterocycles. The van der Waals surface area contributed by atoms with Gasteiger partial charge in [-0.15, -0.1) is 0 Å².